The van der Waals surface area contributed by atoms with Gasteiger partial charge < -0.3 is 11.1 Å². The molecule has 1 saturated carbocycles. The topological polar surface area (TPSA) is 92.5 Å². The van der Waals surface area contributed by atoms with Crippen molar-refractivity contribution in [1.82, 2.24) is 10.2 Å². The molecule has 1 aliphatic carbocycles. The third-order valence-electron chi connectivity index (χ3n) is 5.57. The van der Waals surface area contributed by atoms with Crippen molar-refractivity contribution in [2.45, 2.75) is 45.2 Å². The van der Waals surface area contributed by atoms with Crippen LogP contribution in [0.1, 0.15) is 49.0 Å². The molecule has 2 aliphatic rings. The molecule has 2 fully saturated rings. The van der Waals surface area contributed by atoms with Crippen molar-refractivity contribution in [2.24, 2.45) is 17.6 Å². The first-order chi connectivity index (χ1) is 11.4. The third kappa shape index (κ3) is 2.46. The van der Waals surface area contributed by atoms with Gasteiger partial charge in [0.1, 0.15) is 5.54 Å². The van der Waals surface area contributed by atoms with Crippen molar-refractivity contribution in [3.8, 4) is 0 Å². The van der Waals surface area contributed by atoms with Crippen molar-refractivity contribution in [3.63, 3.8) is 0 Å². The van der Waals surface area contributed by atoms with Crippen LogP contribution in [0.2, 0.25) is 0 Å². The zero-order chi connectivity index (χ0) is 17.5. The van der Waals surface area contributed by atoms with Gasteiger partial charge in [0.2, 0.25) is 5.91 Å². The monoisotopic (exact) mass is 329 g/mol. The second kappa shape index (κ2) is 5.92. The van der Waals surface area contributed by atoms with Gasteiger partial charge in [-0.05, 0) is 42.4 Å². The molecule has 0 radical (unpaired) electrons. The largest absolute Gasteiger partial charge is 0.366 e. The number of benzene rings is 1. The van der Waals surface area contributed by atoms with Crippen LogP contribution in [0.15, 0.2) is 24.3 Å². The number of rotatable bonds is 3. The molecule has 128 valence electrons. The lowest BCUT2D eigenvalue weighted by molar-refractivity contribution is -0.136. The minimum atomic E-state index is -0.775. The normalized spacial score (nSPS) is 29.8. The van der Waals surface area contributed by atoms with E-state index >= 15 is 0 Å². The van der Waals surface area contributed by atoms with E-state index in [0.717, 1.165) is 24.8 Å². The Morgan fingerprint density at radius 3 is 2.33 bits per heavy atom. The van der Waals surface area contributed by atoms with Crippen molar-refractivity contribution < 1.29 is 14.4 Å². The fraction of sp³-hybridized carbons (Fsp3) is 0.500. The van der Waals surface area contributed by atoms with Crippen LogP contribution in [0.4, 0.5) is 4.79 Å². The van der Waals surface area contributed by atoms with Crippen LogP contribution in [0.25, 0.3) is 0 Å². The summed E-state index contributed by atoms with van der Waals surface area (Å²) in [5, 5.41) is 2.98. The van der Waals surface area contributed by atoms with E-state index in [2.05, 4.69) is 5.32 Å². The van der Waals surface area contributed by atoms with Gasteiger partial charge in [-0.3, -0.25) is 14.5 Å². The standard InChI is InChI=1S/C18H23N3O3/c1-11-4-3-5-12(2)18(11)16(23)21(17(24)20-18)10-13-6-8-14(9-7-13)15(19)22/h6-9,11-12H,3-5,10H2,1-2H3,(H2,19,22)(H,20,24)/t11-,12+,18?. The predicted octanol–water partition coefficient (Wildman–Crippen LogP) is 2.03. The number of imide groups is 1. The molecular formula is C18H23N3O3. The number of nitrogens with zero attached hydrogens (tertiary/aromatic N) is 1. The van der Waals surface area contributed by atoms with Crippen molar-refractivity contribution in [3.05, 3.63) is 35.4 Å². The Labute approximate surface area is 141 Å². The minimum absolute atomic E-state index is 0.125. The second-order valence-corrected chi connectivity index (χ2v) is 6.98. The Morgan fingerprint density at radius 2 is 1.79 bits per heavy atom. The van der Waals surface area contributed by atoms with Crippen molar-refractivity contribution >= 4 is 17.8 Å². The first kappa shape index (κ1) is 16.5. The van der Waals surface area contributed by atoms with E-state index in [0.29, 0.717) is 5.56 Å². The maximum Gasteiger partial charge on any atom is 0.325 e. The third-order valence-corrected chi connectivity index (χ3v) is 5.57. The van der Waals surface area contributed by atoms with Crippen LogP contribution in [-0.4, -0.2) is 28.3 Å². The van der Waals surface area contributed by atoms with Crippen LogP contribution in [0.3, 0.4) is 0 Å². The van der Waals surface area contributed by atoms with Crippen molar-refractivity contribution in [1.29, 1.82) is 0 Å². The molecule has 4 amide bonds. The highest BCUT2D eigenvalue weighted by Crippen LogP contribution is 2.42. The lowest BCUT2D eigenvalue weighted by Gasteiger charge is -2.42. The molecule has 3 N–H and O–H groups in total. The predicted molar refractivity (Wildman–Crippen MR) is 89.0 cm³/mol. The molecule has 1 aliphatic heterocycles. The Bertz CT molecular complexity index is 673. The molecule has 1 aromatic carbocycles. The number of nitrogens with one attached hydrogen (secondary N) is 1. The summed E-state index contributed by atoms with van der Waals surface area (Å²) in [6, 6.07) is 6.33. The number of hydrogen-bond donors (Lipinski definition) is 2. The second-order valence-electron chi connectivity index (χ2n) is 6.98. The quantitative estimate of drug-likeness (QED) is 0.831. The Kier molecular flexibility index (Phi) is 4.07. The number of nitrogens with two attached hydrogens (primary N) is 1. The molecular weight excluding hydrogens is 306 g/mol. The number of carbonyl (C=O) groups is 3. The molecule has 3 atom stereocenters. The summed E-state index contributed by atoms with van der Waals surface area (Å²) in [5.74, 6) is -0.383. The minimum Gasteiger partial charge on any atom is -0.366 e. The molecule has 1 spiro atoms. The van der Waals surface area contributed by atoms with Crippen LogP contribution >= 0.6 is 0 Å². The molecule has 1 heterocycles. The Morgan fingerprint density at radius 1 is 1.21 bits per heavy atom. The van der Waals surface area contributed by atoms with E-state index in [1.165, 1.54) is 4.90 Å². The molecule has 1 aromatic rings. The van der Waals surface area contributed by atoms with E-state index in [9.17, 15) is 14.4 Å². The highest BCUT2D eigenvalue weighted by atomic mass is 16.2. The zero-order valence-electron chi connectivity index (χ0n) is 14.0. The summed E-state index contributed by atoms with van der Waals surface area (Å²) in [6.07, 6.45) is 2.97. The first-order valence-electron chi connectivity index (χ1n) is 8.39. The van der Waals surface area contributed by atoms with Crippen LogP contribution < -0.4 is 11.1 Å². The van der Waals surface area contributed by atoms with Gasteiger partial charge in [-0.1, -0.05) is 32.4 Å². The van der Waals surface area contributed by atoms with Gasteiger partial charge in [-0.2, -0.15) is 0 Å². The van der Waals surface area contributed by atoms with Gasteiger partial charge in [-0.15, -0.1) is 0 Å². The summed E-state index contributed by atoms with van der Waals surface area (Å²) in [4.78, 5) is 37.9. The molecule has 0 bridgehead atoms. The molecule has 1 saturated heterocycles. The molecule has 24 heavy (non-hydrogen) atoms. The number of hydrogen-bond acceptors (Lipinski definition) is 3. The number of amides is 4. The summed E-state index contributed by atoms with van der Waals surface area (Å²) >= 11 is 0. The number of urea groups is 1. The van der Waals surface area contributed by atoms with Gasteiger partial charge in [0, 0.05) is 5.56 Å². The molecule has 3 rings (SSSR count). The van der Waals surface area contributed by atoms with Crippen molar-refractivity contribution in [2.75, 3.05) is 0 Å². The van der Waals surface area contributed by atoms with Gasteiger partial charge in [-0.25, -0.2) is 4.79 Å². The summed E-state index contributed by atoms with van der Waals surface area (Å²) in [6.45, 7) is 4.28. The van der Waals surface area contributed by atoms with Crippen LogP contribution in [-0.2, 0) is 11.3 Å². The molecule has 1 unspecified atom stereocenters. The van der Waals surface area contributed by atoms with E-state index in [-0.39, 0.29) is 30.3 Å². The van der Waals surface area contributed by atoms with E-state index < -0.39 is 11.4 Å². The highest BCUT2D eigenvalue weighted by Gasteiger charge is 2.58. The lowest BCUT2D eigenvalue weighted by atomic mass is 9.67. The number of primary amides is 1. The van der Waals surface area contributed by atoms with Gasteiger partial charge >= 0.3 is 6.03 Å². The average Bonchev–Trinajstić information content (AvgIpc) is 2.79. The average molecular weight is 329 g/mol. The summed E-state index contributed by atoms with van der Waals surface area (Å²) < 4.78 is 0. The SMILES string of the molecule is C[C@@H]1CCC[C@H](C)C12NC(=O)N(Cc1ccc(C(N)=O)cc1)C2=O. The molecule has 0 aromatic heterocycles. The fourth-order valence-electron chi connectivity index (χ4n) is 4.05. The van der Waals surface area contributed by atoms with Gasteiger partial charge in [0.25, 0.3) is 5.91 Å². The smallest absolute Gasteiger partial charge is 0.325 e. The molecule has 6 nitrogen and oxygen atoms in total. The zero-order valence-corrected chi connectivity index (χ0v) is 14.0. The maximum atomic E-state index is 13.1. The summed E-state index contributed by atoms with van der Waals surface area (Å²) in [7, 11) is 0. The molecule has 6 heteroatoms. The highest BCUT2D eigenvalue weighted by molar-refractivity contribution is 6.07. The summed E-state index contributed by atoms with van der Waals surface area (Å²) in [5.41, 5.74) is 5.65. The van der Waals surface area contributed by atoms with Gasteiger partial charge in [0.15, 0.2) is 0 Å². The van der Waals surface area contributed by atoms with Crippen LogP contribution in [0, 0.1) is 11.8 Å². The van der Waals surface area contributed by atoms with E-state index in [1.54, 1.807) is 24.3 Å². The Hall–Kier alpha value is -2.37. The maximum absolute atomic E-state index is 13.1. The number of carbonyl (C=O) groups excluding carboxylic acids is 3. The van der Waals surface area contributed by atoms with Crippen LogP contribution in [0.5, 0.6) is 0 Å². The lowest BCUT2D eigenvalue weighted by Crippen LogP contribution is -2.58. The Balaban J connectivity index is 1.83. The first-order valence-corrected chi connectivity index (χ1v) is 8.39. The van der Waals surface area contributed by atoms with E-state index in [1.807, 2.05) is 13.8 Å². The van der Waals surface area contributed by atoms with Gasteiger partial charge in [0.05, 0.1) is 6.54 Å². The van der Waals surface area contributed by atoms with E-state index in [4.69, 9.17) is 5.73 Å². The fourth-order valence-corrected chi connectivity index (χ4v) is 4.05.